The lowest BCUT2D eigenvalue weighted by Gasteiger charge is -2.18. The monoisotopic (exact) mass is 326 g/mol. The lowest BCUT2D eigenvalue weighted by Crippen LogP contribution is -2.04. The van der Waals surface area contributed by atoms with E-state index in [9.17, 15) is 5.11 Å². The number of ether oxygens (including phenoxy) is 1. The van der Waals surface area contributed by atoms with Gasteiger partial charge in [0.25, 0.3) is 0 Å². The van der Waals surface area contributed by atoms with Gasteiger partial charge < -0.3 is 9.84 Å². The zero-order valence-electron chi connectivity index (χ0n) is 10.5. The van der Waals surface area contributed by atoms with Crippen LogP contribution in [-0.2, 0) is 0 Å². The van der Waals surface area contributed by atoms with Crippen LogP contribution in [0.4, 0.5) is 0 Å². The fraction of sp³-hybridized carbons (Fsp3) is 0.286. The van der Waals surface area contributed by atoms with Gasteiger partial charge in [-0.3, -0.25) is 0 Å². The number of halogens is 1. The van der Waals surface area contributed by atoms with Crippen molar-refractivity contribution in [2.45, 2.75) is 20.0 Å². The summed E-state index contributed by atoms with van der Waals surface area (Å²) in [6, 6.07) is 5.95. The van der Waals surface area contributed by atoms with Crippen LogP contribution in [0.1, 0.15) is 27.7 Å². The van der Waals surface area contributed by atoms with Crippen LogP contribution in [0.25, 0.3) is 0 Å². The molecule has 18 heavy (non-hydrogen) atoms. The summed E-state index contributed by atoms with van der Waals surface area (Å²) in [7, 11) is 1.63. The number of benzene rings is 1. The van der Waals surface area contributed by atoms with Gasteiger partial charge in [-0.15, -0.1) is 11.3 Å². The van der Waals surface area contributed by atoms with Crippen molar-refractivity contribution in [2.24, 2.45) is 0 Å². The second-order valence-electron chi connectivity index (χ2n) is 4.23. The molecule has 2 nitrogen and oxygen atoms in total. The molecule has 2 aromatic rings. The molecule has 0 fully saturated rings. The number of aryl methyl sites for hydroxylation is 2. The maximum Gasteiger partial charge on any atom is 0.125 e. The van der Waals surface area contributed by atoms with Crippen LogP contribution in [0.15, 0.2) is 28.1 Å². The van der Waals surface area contributed by atoms with Gasteiger partial charge >= 0.3 is 0 Å². The summed E-state index contributed by atoms with van der Waals surface area (Å²) < 4.78 is 6.33. The Morgan fingerprint density at radius 2 is 2.06 bits per heavy atom. The van der Waals surface area contributed by atoms with Gasteiger partial charge in [0.15, 0.2) is 0 Å². The van der Waals surface area contributed by atoms with Crippen molar-refractivity contribution in [3.8, 4) is 5.75 Å². The molecule has 1 heterocycles. The molecule has 1 aromatic heterocycles. The van der Waals surface area contributed by atoms with Crippen LogP contribution in [0.3, 0.4) is 0 Å². The van der Waals surface area contributed by atoms with Gasteiger partial charge in [-0.1, -0.05) is 6.07 Å². The standard InChI is InChI=1S/C14H15BrO2S/c1-8-6-9(2)12(11(7-8)17-3)13(16)14-10(15)4-5-18-14/h4-7,13,16H,1-3H3. The molecule has 4 heteroatoms. The second-order valence-corrected chi connectivity index (χ2v) is 6.04. The predicted molar refractivity (Wildman–Crippen MR) is 78.5 cm³/mol. The van der Waals surface area contributed by atoms with Gasteiger partial charge in [0.1, 0.15) is 11.9 Å². The largest absolute Gasteiger partial charge is 0.496 e. The number of aliphatic hydroxyl groups is 1. The normalized spacial score (nSPS) is 12.5. The number of rotatable bonds is 3. The molecule has 0 aliphatic rings. The molecule has 0 bridgehead atoms. The van der Waals surface area contributed by atoms with E-state index in [0.717, 1.165) is 31.8 Å². The van der Waals surface area contributed by atoms with Gasteiger partial charge in [0, 0.05) is 10.0 Å². The first-order valence-corrected chi connectivity index (χ1v) is 7.28. The van der Waals surface area contributed by atoms with Crippen LogP contribution in [-0.4, -0.2) is 12.2 Å². The Hall–Kier alpha value is -0.840. The molecule has 0 saturated heterocycles. The molecule has 0 spiro atoms. The Bertz CT molecular complexity index is 563. The summed E-state index contributed by atoms with van der Waals surface area (Å²) in [6.07, 6.45) is -0.657. The lowest BCUT2D eigenvalue weighted by molar-refractivity contribution is 0.217. The Kier molecular flexibility index (Phi) is 4.10. The maximum absolute atomic E-state index is 10.5. The molecule has 2 rings (SSSR count). The van der Waals surface area contributed by atoms with Crippen molar-refractivity contribution in [3.63, 3.8) is 0 Å². The van der Waals surface area contributed by atoms with Crippen LogP contribution < -0.4 is 4.74 Å². The topological polar surface area (TPSA) is 29.5 Å². The molecule has 1 unspecified atom stereocenters. The first kappa shape index (κ1) is 13.6. The van der Waals surface area contributed by atoms with E-state index in [1.54, 1.807) is 7.11 Å². The SMILES string of the molecule is COc1cc(C)cc(C)c1C(O)c1sccc1Br. The van der Waals surface area contributed by atoms with E-state index in [-0.39, 0.29) is 0 Å². The molecule has 96 valence electrons. The van der Waals surface area contributed by atoms with Crippen molar-refractivity contribution in [3.05, 3.63) is 49.6 Å². The van der Waals surface area contributed by atoms with E-state index in [0.29, 0.717) is 0 Å². The third-order valence-electron chi connectivity index (χ3n) is 2.88. The van der Waals surface area contributed by atoms with Gasteiger partial charge in [0.05, 0.1) is 12.0 Å². The van der Waals surface area contributed by atoms with Crippen LogP contribution in [0.2, 0.25) is 0 Å². The zero-order chi connectivity index (χ0) is 13.3. The molecule has 0 amide bonds. The highest BCUT2D eigenvalue weighted by atomic mass is 79.9. The fourth-order valence-electron chi connectivity index (χ4n) is 2.09. The van der Waals surface area contributed by atoms with Crippen LogP contribution >= 0.6 is 27.3 Å². The van der Waals surface area contributed by atoms with E-state index in [1.165, 1.54) is 11.3 Å². The van der Waals surface area contributed by atoms with Gasteiger partial charge in [-0.05, 0) is 58.4 Å². The van der Waals surface area contributed by atoms with E-state index < -0.39 is 6.10 Å². The first-order chi connectivity index (χ1) is 8.54. The summed E-state index contributed by atoms with van der Waals surface area (Å²) in [6.45, 7) is 4.02. The Labute approximate surface area is 119 Å². The van der Waals surface area contributed by atoms with Gasteiger partial charge in [0.2, 0.25) is 0 Å². The molecule has 1 atom stereocenters. The van der Waals surface area contributed by atoms with Crippen molar-refractivity contribution < 1.29 is 9.84 Å². The summed E-state index contributed by atoms with van der Waals surface area (Å²) in [5, 5.41) is 12.5. The average molecular weight is 327 g/mol. The molecule has 0 saturated carbocycles. The molecule has 0 aliphatic heterocycles. The molecule has 0 radical (unpaired) electrons. The highest BCUT2D eigenvalue weighted by molar-refractivity contribution is 9.10. The first-order valence-electron chi connectivity index (χ1n) is 5.60. The Balaban J connectivity index is 2.54. The van der Waals surface area contributed by atoms with Gasteiger partial charge in [-0.25, -0.2) is 0 Å². The summed E-state index contributed by atoms with van der Waals surface area (Å²) in [5.74, 6) is 0.736. The fourth-order valence-corrected chi connectivity index (χ4v) is 3.67. The van der Waals surface area contributed by atoms with Gasteiger partial charge in [-0.2, -0.15) is 0 Å². The van der Waals surface area contributed by atoms with Crippen LogP contribution in [0, 0.1) is 13.8 Å². The molecular weight excluding hydrogens is 312 g/mol. The number of hydrogen-bond acceptors (Lipinski definition) is 3. The van der Waals surface area contributed by atoms with E-state index in [2.05, 4.69) is 22.0 Å². The molecular formula is C14H15BrO2S. The third-order valence-corrected chi connectivity index (χ3v) is 4.80. The Morgan fingerprint density at radius 1 is 1.33 bits per heavy atom. The van der Waals surface area contributed by atoms with Crippen LogP contribution in [0.5, 0.6) is 5.75 Å². The van der Waals surface area contributed by atoms with Crippen molar-refractivity contribution in [1.82, 2.24) is 0 Å². The maximum atomic E-state index is 10.5. The number of thiophene rings is 1. The summed E-state index contributed by atoms with van der Waals surface area (Å²) in [5.41, 5.74) is 3.01. The summed E-state index contributed by atoms with van der Waals surface area (Å²) >= 11 is 4.99. The van der Waals surface area contributed by atoms with E-state index >= 15 is 0 Å². The second kappa shape index (κ2) is 5.43. The predicted octanol–water partition coefficient (Wildman–Crippen LogP) is 4.22. The number of methoxy groups -OCH3 is 1. The number of hydrogen-bond donors (Lipinski definition) is 1. The quantitative estimate of drug-likeness (QED) is 0.915. The van der Waals surface area contributed by atoms with E-state index in [4.69, 9.17) is 4.74 Å². The highest BCUT2D eigenvalue weighted by Crippen LogP contribution is 2.38. The Morgan fingerprint density at radius 3 is 2.61 bits per heavy atom. The smallest absolute Gasteiger partial charge is 0.125 e. The minimum absolute atomic E-state index is 0.657. The third kappa shape index (κ3) is 2.46. The van der Waals surface area contributed by atoms with Crippen molar-refractivity contribution >= 4 is 27.3 Å². The molecule has 0 aliphatic carbocycles. The lowest BCUT2D eigenvalue weighted by atomic mass is 9.99. The number of aliphatic hydroxyl groups excluding tert-OH is 1. The van der Waals surface area contributed by atoms with Crippen molar-refractivity contribution in [2.75, 3.05) is 7.11 Å². The zero-order valence-corrected chi connectivity index (χ0v) is 12.9. The highest BCUT2D eigenvalue weighted by Gasteiger charge is 2.21. The van der Waals surface area contributed by atoms with Crippen molar-refractivity contribution in [1.29, 1.82) is 0 Å². The average Bonchev–Trinajstić information content (AvgIpc) is 2.73. The molecule has 1 N–H and O–H groups in total. The molecule has 1 aromatic carbocycles. The minimum atomic E-state index is -0.657. The van der Waals surface area contributed by atoms with E-state index in [1.807, 2.05) is 31.4 Å². The summed E-state index contributed by atoms with van der Waals surface area (Å²) in [4.78, 5) is 0.903. The minimum Gasteiger partial charge on any atom is -0.496 e.